The summed E-state index contributed by atoms with van der Waals surface area (Å²) in [5, 5.41) is 10.2. The van der Waals surface area contributed by atoms with Crippen LogP contribution in [0.5, 0.6) is 0 Å². The zero-order chi connectivity index (χ0) is 27.7. The first kappa shape index (κ1) is 26.2. The van der Waals surface area contributed by atoms with Crippen LogP contribution in [0.25, 0.3) is 10.9 Å². The van der Waals surface area contributed by atoms with E-state index in [2.05, 4.69) is 4.98 Å². The van der Waals surface area contributed by atoms with Crippen LogP contribution in [0, 0.1) is 23.0 Å². The van der Waals surface area contributed by atoms with E-state index in [1.165, 1.54) is 17.0 Å². The monoisotopic (exact) mass is 543 g/mol. The van der Waals surface area contributed by atoms with Gasteiger partial charge in [-0.05, 0) is 68.2 Å². The molecule has 39 heavy (non-hydrogen) atoms. The molecule has 1 spiro atoms. The maximum atomic E-state index is 15.9. The van der Waals surface area contributed by atoms with Crippen molar-refractivity contribution in [3.8, 4) is 0 Å². The van der Waals surface area contributed by atoms with Crippen LogP contribution in [0.15, 0.2) is 36.4 Å². The number of H-pyrrole nitrogens is 1. The number of halogens is 4. The molecule has 2 N–H and O–H groups in total. The Morgan fingerprint density at radius 3 is 2.38 bits per heavy atom. The van der Waals surface area contributed by atoms with Crippen molar-refractivity contribution < 1.29 is 27.5 Å². The number of aromatic amines is 1. The molecule has 3 heterocycles. The van der Waals surface area contributed by atoms with Gasteiger partial charge in [0, 0.05) is 53.9 Å². The molecular formula is C30H33F4N3O2. The number of anilines is 1. The Hall–Kier alpha value is -3.07. The van der Waals surface area contributed by atoms with E-state index in [-0.39, 0.29) is 22.9 Å². The Labute approximate surface area is 224 Å². The van der Waals surface area contributed by atoms with Crippen LogP contribution in [0.2, 0.25) is 0 Å². The SMILES string of the molecule is C[C@@H]1Cc2c([nH]c3ccccc23)[C@@H](c2c(F)cc(N3CCC4(CC3)CC(C(=O)O)C4)cc2F)N1CC(C)(F)F. The van der Waals surface area contributed by atoms with Gasteiger partial charge in [0.1, 0.15) is 11.6 Å². The normalized spacial score (nSPS) is 23.7. The molecule has 3 aliphatic rings. The number of carboxylic acid groups (broad SMARTS) is 1. The fourth-order valence-electron chi connectivity index (χ4n) is 7.21. The first-order valence-electron chi connectivity index (χ1n) is 13.6. The Bertz CT molecular complexity index is 1390. The molecule has 3 aromatic rings. The zero-order valence-corrected chi connectivity index (χ0v) is 22.1. The number of carbonyl (C=O) groups is 1. The Morgan fingerprint density at radius 2 is 1.77 bits per heavy atom. The molecule has 0 unspecified atom stereocenters. The number of alkyl halides is 2. The predicted molar refractivity (Wildman–Crippen MR) is 141 cm³/mol. The lowest BCUT2D eigenvalue weighted by Crippen LogP contribution is -2.49. The number of rotatable bonds is 5. The van der Waals surface area contributed by atoms with Crippen molar-refractivity contribution in [3.63, 3.8) is 0 Å². The summed E-state index contributed by atoms with van der Waals surface area (Å²) in [5.74, 6) is -5.61. The summed E-state index contributed by atoms with van der Waals surface area (Å²) in [4.78, 5) is 18.0. The predicted octanol–water partition coefficient (Wildman–Crippen LogP) is 6.52. The minimum Gasteiger partial charge on any atom is -0.481 e. The molecular weight excluding hydrogens is 510 g/mol. The summed E-state index contributed by atoms with van der Waals surface area (Å²) >= 11 is 0. The molecule has 9 heteroatoms. The molecule has 1 saturated heterocycles. The highest BCUT2D eigenvalue weighted by Gasteiger charge is 2.49. The molecule has 1 aliphatic carbocycles. The summed E-state index contributed by atoms with van der Waals surface area (Å²) in [6, 6.07) is 8.84. The standard InChI is InChI=1S/C30H33F4N3O2/c1-17-11-21-20-5-3-4-6-24(20)35-26(21)27(37(17)16-29(2,33)34)25-22(31)12-19(13-23(25)32)36-9-7-30(8-10-36)14-18(15-30)28(38)39/h3-6,12-13,17-18,27,35H,7-11,14-16H2,1-2H3,(H,38,39)/t17-,27-/m1/s1. The maximum absolute atomic E-state index is 15.9. The second-order valence-corrected chi connectivity index (χ2v) is 12.0. The van der Waals surface area contributed by atoms with Gasteiger partial charge < -0.3 is 15.0 Å². The molecule has 208 valence electrons. The van der Waals surface area contributed by atoms with E-state index in [4.69, 9.17) is 0 Å². The minimum absolute atomic E-state index is 0.00668. The van der Waals surface area contributed by atoms with E-state index in [0.717, 1.165) is 36.2 Å². The van der Waals surface area contributed by atoms with Gasteiger partial charge in [0.25, 0.3) is 5.92 Å². The largest absolute Gasteiger partial charge is 0.481 e. The quantitative estimate of drug-likeness (QED) is 0.360. The van der Waals surface area contributed by atoms with Gasteiger partial charge >= 0.3 is 5.97 Å². The maximum Gasteiger partial charge on any atom is 0.306 e. The van der Waals surface area contributed by atoms with Crippen LogP contribution in [0.3, 0.4) is 0 Å². The van der Waals surface area contributed by atoms with E-state index in [9.17, 15) is 18.7 Å². The zero-order valence-electron chi connectivity index (χ0n) is 22.1. The second-order valence-electron chi connectivity index (χ2n) is 12.0. The lowest BCUT2D eigenvalue weighted by Gasteiger charge is -2.51. The Kier molecular flexibility index (Phi) is 6.21. The first-order chi connectivity index (χ1) is 18.4. The third-order valence-electron chi connectivity index (χ3n) is 9.21. The molecule has 1 saturated carbocycles. The van der Waals surface area contributed by atoms with Gasteiger partial charge in [-0.1, -0.05) is 18.2 Å². The smallest absolute Gasteiger partial charge is 0.306 e. The number of nitrogens with zero attached hydrogens (tertiary/aromatic N) is 2. The minimum atomic E-state index is -3.05. The number of benzene rings is 2. The fourth-order valence-corrected chi connectivity index (χ4v) is 7.21. The highest BCUT2D eigenvalue weighted by atomic mass is 19.3. The number of aromatic nitrogens is 1. The number of para-hydroxylation sites is 1. The molecule has 2 atom stereocenters. The van der Waals surface area contributed by atoms with Crippen LogP contribution in [0.4, 0.5) is 23.2 Å². The summed E-state index contributed by atoms with van der Waals surface area (Å²) in [6.45, 7) is 3.21. The van der Waals surface area contributed by atoms with Crippen molar-refractivity contribution in [2.24, 2.45) is 11.3 Å². The summed E-state index contributed by atoms with van der Waals surface area (Å²) in [6.07, 6.45) is 3.36. The van der Waals surface area contributed by atoms with Crippen molar-refractivity contribution in [2.75, 3.05) is 24.5 Å². The van der Waals surface area contributed by atoms with Gasteiger partial charge in [-0.25, -0.2) is 17.6 Å². The van der Waals surface area contributed by atoms with Crippen molar-refractivity contribution in [1.29, 1.82) is 0 Å². The molecule has 0 radical (unpaired) electrons. The van der Waals surface area contributed by atoms with Gasteiger partial charge in [-0.15, -0.1) is 0 Å². The molecule has 0 bridgehead atoms. The lowest BCUT2D eigenvalue weighted by molar-refractivity contribution is -0.151. The Balaban J connectivity index is 1.34. The van der Waals surface area contributed by atoms with Crippen LogP contribution >= 0.6 is 0 Å². The number of hydrogen-bond acceptors (Lipinski definition) is 3. The molecule has 2 aromatic carbocycles. The Morgan fingerprint density at radius 1 is 1.13 bits per heavy atom. The average molecular weight is 544 g/mol. The highest BCUT2D eigenvalue weighted by Crippen LogP contribution is 2.53. The van der Waals surface area contributed by atoms with E-state index >= 15 is 8.78 Å². The molecule has 1 aromatic heterocycles. The van der Waals surface area contributed by atoms with E-state index in [1.54, 1.807) is 0 Å². The van der Waals surface area contributed by atoms with Crippen LogP contribution in [0.1, 0.15) is 62.4 Å². The van der Waals surface area contributed by atoms with E-state index in [1.807, 2.05) is 36.1 Å². The number of carboxylic acids is 1. The third-order valence-corrected chi connectivity index (χ3v) is 9.21. The summed E-state index contributed by atoms with van der Waals surface area (Å²) in [7, 11) is 0. The summed E-state index contributed by atoms with van der Waals surface area (Å²) in [5.41, 5.74) is 2.48. The van der Waals surface area contributed by atoms with E-state index < -0.39 is 36.1 Å². The number of aliphatic carboxylic acids is 1. The van der Waals surface area contributed by atoms with Crippen molar-refractivity contribution in [3.05, 3.63) is 64.9 Å². The van der Waals surface area contributed by atoms with Gasteiger partial charge in [0.2, 0.25) is 0 Å². The molecule has 0 amide bonds. The highest BCUT2D eigenvalue weighted by molar-refractivity contribution is 5.85. The van der Waals surface area contributed by atoms with Gasteiger partial charge in [0.15, 0.2) is 0 Å². The van der Waals surface area contributed by atoms with E-state index in [0.29, 0.717) is 43.7 Å². The van der Waals surface area contributed by atoms with Crippen molar-refractivity contribution in [2.45, 2.75) is 64.0 Å². The van der Waals surface area contributed by atoms with Gasteiger partial charge in [0.05, 0.1) is 18.5 Å². The van der Waals surface area contributed by atoms with Crippen LogP contribution in [-0.4, -0.2) is 52.6 Å². The number of hydrogen-bond donors (Lipinski definition) is 2. The third kappa shape index (κ3) is 4.58. The molecule has 6 rings (SSSR count). The second kappa shape index (κ2) is 9.25. The van der Waals surface area contributed by atoms with Crippen molar-refractivity contribution >= 4 is 22.6 Å². The van der Waals surface area contributed by atoms with Gasteiger partial charge in [-0.3, -0.25) is 9.69 Å². The molecule has 2 aliphatic heterocycles. The fraction of sp³-hybridized carbons (Fsp3) is 0.500. The van der Waals surface area contributed by atoms with Crippen LogP contribution < -0.4 is 4.90 Å². The van der Waals surface area contributed by atoms with Crippen molar-refractivity contribution in [1.82, 2.24) is 9.88 Å². The molecule has 5 nitrogen and oxygen atoms in total. The average Bonchev–Trinajstić information content (AvgIpc) is 3.21. The van der Waals surface area contributed by atoms with Gasteiger partial charge in [-0.2, -0.15) is 0 Å². The number of fused-ring (bicyclic) bond motifs is 3. The van der Waals surface area contributed by atoms with Crippen LogP contribution in [-0.2, 0) is 11.2 Å². The lowest BCUT2D eigenvalue weighted by atomic mass is 9.57. The summed E-state index contributed by atoms with van der Waals surface area (Å²) < 4.78 is 60.6. The number of nitrogens with one attached hydrogen (secondary N) is 1. The topological polar surface area (TPSA) is 59.6 Å². The first-order valence-corrected chi connectivity index (χ1v) is 13.6. The molecule has 2 fully saturated rings. The number of piperidine rings is 1.